The van der Waals surface area contributed by atoms with E-state index >= 15 is 0 Å². The van der Waals surface area contributed by atoms with E-state index in [0.717, 1.165) is 23.1 Å². The number of halogens is 4. The second kappa shape index (κ2) is 38.7. The number of hydrogen-bond acceptors (Lipinski definition) is 20. The molecule has 23 nitrogen and oxygen atoms in total. The maximum Gasteiger partial charge on any atom is 0.313 e. The van der Waals surface area contributed by atoms with Gasteiger partial charge in [-0.2, -0.15) is 22.5 Å². The maximum atomic E-state index is 14.0. The van der Waals surface area contributed by atoms with Crippen LogP contribution in [-0.4, -0.2) is 187 Å². The fourth-order valence-corrected chi connectivity index (χ4v) is 7.85. The zero-order valence-corrected chi connectivity index (χ0v) is 46.7. The smallest absolute Gasteiger partial charge is 0.313 e. The summed E-state index contributed by atoms with van der Waals surface area (Å²) in [4.78, 5) is 45.5. The number of rotatable bonds is 43. The van der Waals surface area contributed by atoms with Gasteiger partial charge in [0.1, 0.15) is 5.84 Å². The van der Waals surface area contributed by atoms with Gasteiger partial charge in [-0.05, 0) is 48.2 Å². The number of amides is 2. The van der Waals surface area contributed by atoms with Crippen LogP contribution < -0.4 is 15.8 Å². The van der Waals surface area contributed by atoms with Gasteiger partial charge in [-0.15, -0.1) is 0 Å². The molecule has 0 fully saturated rings. The molecule has 0 atom stereocenters. The lowest BCUT2D eigenvalue weighted by atomic mass is 9.97. The van der Waals surface area contributed by atoms with Crippen LogP contribution in [0.15, 0.2) is 51.9 Å². The number of nitriles is 1. The number of hydrogen-bond donors (Lipinski definition) is 3. The van der Waals surface area contributed by atoms with Gasteiger partial charge in [-0.1, -0.05) is 31.2 Å². The van der Waals surface area contributed by atoms with E-state index in [0.29, 0.717) is 134 Å². The van der Waals surface area contributed by atoms with Crippen LogP contribution in [0.25, 0.3) is 17.2 Å². The Morgan fingerprint density at radius 1 is 0.671 bits per heavy atom. The van der Waals surface area contributed by atoms with Gasteiger partial charge in [0.2, 0.25) is 23.3 Å². The predicted molar refractivity (Wildman–Crippen MR) is 285 cm³/mol. The number of benzene rings is 3. The van der Waals surface area contributed by atoms with Gasteiger partial charge < -0.3 is 63.2 Å². The molecule has 3 aromatic rings. The number of carbonyl (C=O) groups excluding carboxylic acids is 3. The van der Waals surface area contributed by atoms with Crippen LogP contribution >= 0.6 is 0 Å². The largest absolute Gasteiger partial charge is 0.420 e. The van der Waals surface area contributed by atoms with E-state index < -0.39 is 56.4 Å². The third-order valence-corrected chi connectivity index (χ3v) is 12.1. The van der Waals surface area contributed by atoms with Gasteiger partial charge in [0.05, 0.1) is 162 Å². The summed E-state index contributed by atoms with van der Waals surface area (Å²) < 4.78 is 145. The van der Waals surface area contributed by atoms with Crippen LogP contribution in [-0.2, 0) is 83.3 Å². The molecule has 0 radical (unpaired) electrons. The van der Waals surface area contributed by atoms with E-state index in [4.69, 9.17) is 62.5 Å². The third kappa shape index (κ3) is 24.8. The number of nitrogens with one attached hydrogen (secondary N) is 1. The predicted octanol–water partition coefficient (Wildman–Crippen LogP) is 5.16. The van der Waals surface area contributed by atoms with Crippen molar-refractivity contribution in [2.45, 2.75) is 51.0 Å². The zero-order valence-electron chi connectivity index (χ0n) is 45.9. The number of carbonyl (C=O) groups is 3. The first-order chi connectivity index (χ1) is 39.6. The lowest BCUT2D eigenvalue weighted by molar-refractivity contribution is -0.180. The summed E-state index contributed by atoms with van der Waals surface area (Å²) in [5.74, 6) is -12.9. The highest BCUT2D eigenvalue weighted by Gasteiger charge is 2.34. The van der Waals surface area contributed by atoms with E-state index in [1.165, 1.54) is 5.06 Å². The zero-order chi connectivity index (χ0) is 59.5. The molecule has 1 heterocycles. The highest BCUT2D eigenvalue weighted by Crippen LogP contribution is 2.34. The molecular formula is C54H71F4N5O18S. The number of aliphatic imine (C=N–C) groups is 1. The summed E-state index contributed by atoms with van der Waals surface area (Å²) in [7, 11) is -5.65. The van der Waals surface area contributed by atoms with Crippen LogP contribution in [0.1, 0.15) is 56.2 Å². The van der Waals surface area contributed by atoms with Crippen molar-refractivity contribution in [1.29, 1.82) is 5.26 Å². The Labute approximate surface area is 473 Å². The van der Waals surface area contributed by atoms with Crippen molar-refractivity contribution < 1.29 is 102 Å². The van der Waals surface area contributed by atoms with Crippen LogP contribution in [0.2, 0.25) is 0 Å². The van der Waals surface area contributed by atoms with Crippen LogP contribution in [0.4, 0.5) is 23.2 Å². The Kier molecular flexibility index (Phi) is 32.3. The van der Waals surface area contributed by atoms with Crippen molar-refractivity contribution >= 4 is 45.5 Å². The Balaban J connectivity index is 0.882. The normalized spacial score (nSPS) is 12.3. The highest BCUT2D eigenvalue weighted by atomic mass is 32.2. The van der Waals surface area contributed by atoms with Gasteiger partial charge in [0.25, 0.3) is 5.91 Å². The number of fused-ring (bicyclic) bond motifs is 1. The molecule has 1 aliphatic rings. The Bertz CT molecular complexity index is 2680. The Morgan fingerprint density at radius 3 is 1.57 bits per heavy atom. The number of nitrogens with two attached hydrogens (primary N) is 1. The molecular weight excluding hydrogens is 1110 g/mol. The fraction of sp³-hybridized carbons (Fsp3) is 0.537. The summed E-state index contributed by atoms with van der Waals surface area (Å²) in [5, 5.41) is 14.2. The second-order valence-electron chi connectivity index (χ2n) is 17.3. The topological polar surface area (TPSA) is 294 Å². The molecule has 0 saturated carbocycles. The standard InChI is InChI=1S/C54H71F4N5O18S/c1-3-11-63(80-4-2)54(66)42-33-40-7-5-39(34-44(40)62-45(60)35-42)38-6-8-41(43(32-38)36-59)37-61-46(64)9-12-70-14-16-72-18-20-74-22-24-76-26-28-78-30-31-79-29-27-77-25-23-75-21-19-73-17-15-71-13-10-47(65)81-52-48(55)50(57)53(82(67,68)69)51(58)49(52)56/h5-8,32-34H,3-4,9-31,35,37H2,1-2H3,(H2,60,62)(H,61,64)(H,67,68,69). The van der Waals surface area contributed by atoms with Gasteiger partial charge in [-0.3, -0.25) is 23.8 Å². The quantitative estimate of drug-likeness (QED) is 0.0125. The molecule has 1 aliphatic heterocycles. The SMILES string of the molecule is CCCN(OCC)C(=O)C1=Cc2ccc(-c3ccc(CNC(=O)CCOCCOCCOCCOCCOCCOCCOCCOCCOCCOCCC(=O)Oc4c(F)c(F)c(S(=O)(=O)O)c(F)c4F)c(C#N)c3)cc2N=C(N)C1. The highest BCUT2D eigenvalue weighted by molar-refractivity contribution is 7.85. The average molecular weight is 1190 g/mol. The van der Waals surface area contributed by atoms with Gasteiger partial charge in [-0.25, -0.2) is 18.8 Å². The molecule has 0 spiro atoms. The molecule has 82 heavy (non-hydrogen) atoms. The molecule has 4 rings (SSSR count). The molecule has 0 saturated heterocycles. The molecule has 2 amide bonds. The summed E-state index contributed by atoms with van der Waals surface area (Å²) >= 11 is 0. The molecule has 3 aromatic carbocycles. The van der Waals surface area contributed by atoms with Crippen LogP contribution in [0.5, 0.6) is 5.75 Å². The minimum absolute atomic E-state index is 0.0134. The van der Waals surface area contributed by atoms with E-state index in [1.807, 2.05) is 38.1 Å². The van der Waals surface area contributed by atoms with E-state index in [-0.39, 0.29) is 70.8 Å². The van der Waals surface area contributed by atoms with Crippen LogP contribution in [0, 0.1) is 34.6 Å². The van der Waals surface area contributed by atoms with Crippen LogP contribution in [0.3, 0.4) is 0 Å². The maximum absolute atomic E-state index is 14.0. The molecule has 28 heteroatoms. The van der Waals surface area contributed by atoms with Gasteiger partial charge in [0, 0.05) is 37.1 Å². The Hall–Kier alpha value is -6.04. The molecule has 4 N–H and O–H groups in total. The summed E-state index contributed by atoms with van der Waals surface area (Å²) in [6, 6.07) is 13.3. The van der Waals surface area contributed by atoms with Crippen molar-refractivity contribution in [2.75, 3.05) is 145 Å². The molecule has 454 valence electrons. The fourth-order valence-electron chi connectivity index (χ4n) is 7.22. The number of esters is 1. The first-order valence-electron chi connectivity index (χ1n) is 26.3. The number of amidine groups is 1. The summed E-state index contributed by atoms with van der Waals surface area (Å²) in [5.41, 5.74) is 10.7. The van der Waals surface area contributed by atoms with Gasteiger partial charge in [0.15, 0.2) is 16.5 Å². The molecule has 0 unspecified atom stereocenters. The molecule has 0 bridgehead atoms. The van der Waals surface area contributed by atoms with Crippen molar-refractivity contribution in [3.05, 3.63) is 81.9 Å². The van der Waals surface area contributed by atoms with Gasteiger partial charge >= 0.3 is 16.1 Å². The van der Waals surface area contributed by atoms with E-state index in [1.54, 1.807) is 18.2 Å². The number of hydroxylamine groups is 2. The average Bonchev–Trinajstić information content (AvgIpc) is 3.81. The monoisotopic (exact) mass is 1190 g/mol. The summed E-state index contributed by atoms with van der Waals surface area (Å²) in [6.07, 6.45) is 2.26. The van der Waals surface area contributed by atoms with Crippen molar-refractivity contribution in [3.8, 4) is 22.9 Å². The number of nitrogens with zero attached hydrogens (tertiary/aromatic N) is 3. The van der Waals surface area contributed by atoms with Crippen molar-refractivity contribution in [3.63, 3.8) is 0 Å². The van der Waals surface area contributed by atoms with Crippen molar-refractivity contribution in [1.82, 2.24) is 10.4 Å². The first-order valence-corrected chi connectivity index (χ1v) is 27.8. The number of ether oxygens (including phenoxy) is 11. The third-order valence-electron chi connectivity index (χ3n) is 11.2. The second-order valence-corrected chi connectivity index (χ2v) is 18.7. The lowest BCUT2D eigenvalue weighted by Crippen LogP contribution is -2.34. The lowest BCUT2D eigenvalue weighted by Gasteiger charge is -2.21. The van der Waals surface area contributed by atoms with Crippen molar-refractivity contribution in [2.24, 2.45) is 10.7 Å². The molecule has 0 aromatic heterocycles. The molecule has 0 aliphatic carbocycles. The van der Waals surface area contributed by atoms with E-state index in [9.17, 15) is 45.6 Å². The summed E-state index contributed by atoms with van der Waals surface area (Å²) in [6.45, 7) is 10.3. The minimum Gasteiger partial charge on any atom is -0.420 e. The first kappa shape index (κ1) is 68.5. The minimum atomic E-state index is -5.65. The van der Waals surface area contributed by atoms with E-state index in [2.05, 4.69) is 21.1 Å². The Morgan fingerprint density at radius 2 is 1.12 bits per heavy atom.